The van der Waals surface area contributed by atoms with Crippen LogP contribution in [0.1, 0.15) is 39.0 Å². The molecule has 0 bridgehead atoms. The highest BCUT2D eigenvalue weighted by Gasteiger charge is 2.34. The monoisotopic (exact) mass is 227 g/mol. The van der Waals surface area contributed by atoms with Crippen LogP contribution in [0.15, 0.2) is 0 Å². The van der Waals surface area contributed by atoms with Crippen molar-refractivity contribution in [2.24, 2.45) is 5.92 Å². The lowest BCUT2D eigenvalue weighted by atomic mass is 9.88. The molecule has 1 heterocycles. The standard InChI is InChI=1S/C13H25NO2/c1-10-7-8-14(9-13(10)16-2)11-5-3-4-6-12(11)15/h10-13,15H,3-9H2,1-2H3/t10?,11-,12-,13?/m0/s1. The molecule has 0 radical (unpaired) electrons. The Labute approximate surface area is 98.8 Å². The smallest absolute Gasteiger partial charge is 0.0724 e. The summed E-state index contributed by atoms with van der Waals surface area (Å²) < 4.78 is 5.54. The zero-order valence-electron chi connectivity index (χ0n) is 10.6. The van der Waals surface area contributed by atoms with Crippen molar-refractivity contribution >= 4 is 0 Å². The number of piperidine rings is 1. The molecule has 1 saturated carbocycles. The van der Waals surface area contributed by atoms with Crippen molar-refractivity contribution in [3.05, 3.63) is 0 Å². The maximum atomic E-state index is 10.1. The Bertz CT molecular complexity index is 222. The van der Waals surface area contributed by atoms with Crippen molar-refractivity contribution in [1.82, 2.24) is 4.90 Å². The van der Waals surface area contributed by atoms with Crippen molar-refractivity contribution in [3.63, 3.8) is 0 Å². The second-order valence-corrected chi connectivity index (χ2v) is 5.45. The predicted octanol–water partition coefficient (Wildman–Crippen LogP) is 1.65. The topological polar surface area (TPSA) is 32.7 Å². The van der Waals surface area contributed by atoms with Gasteiger partial charge >= 0.3 is 0 Å². The third-order valence-electron chi connectivity index (χ3n) is 4.39. The second kappa shape index (κ2) is 5.48. The first-order valence-corrected chi connectivity index (χ1v) is 6.67. The first kappa shape index (κ1) is 12.3. The summed E-state index contributed by atoms with van der Waals surface area (Å²) in [6, 6.07) is 0.388. The Morgan fingerprint density at radius 2 is 1.94 bits per heavy atom. The second-order valence-electron chi connectivity index (χ2n) is 5.45. The van der Waals surface area contributed by atoms with E-state index in [4.69, 9.17) is 4.74 Å². The van der Waals surface area contributed by atoms with Crippen molar-refractivity contribution in [3.8, 4) is 0 Å². The Kier molecular flexibility index (Phi) is 4.22. The van der Waals surface area contributed by atoms with Crippen molar-refractivity contribution in [2.75, 3.05) is 20.2 Å². The van der Waals surface area contributed by atoms with Gasteiger partial charge in [-0.15, -0.1) is 0 Å². The van der Waals surface area contributed by atoms with Crippen LogP contribution in [0.2, 0.25) is 0 Å². The number of rotatable bonds is 2. The lowest BCUT2D eigenvalue weighted by molar-refractivity contribution is -0.0533. The van der Waals surface area contributed by atoms with E-state index in [0.29, 0.717) is 18.1 Å². The SMILES string of the molecule is COC1CN([C@H]2CCCC[C@@H]2O)CCC1C. The van der Waals surface area contributed by atoms with Gasteiger partial charge in [-0.2, -0.15) is 0 Å². The van der Waals surface area contributed by atoms with Gasteiger partial charge in [0.1, 0.15) is 0 Å². The zero-order valence-corrected chi connectivity index (χ0v) is 10.6. The largest absolute Gasteiger partial charge is 0.391 e. The lowest BCUT2D eigenvalue weighted by Crippen LogP contribution is -2.53. The van der Waals surface area contributed by atoms with Gasteiger partial charge in [0, 0.05) is 19.7 Å². The van der Waals surface area contributed by atoms with Crippen molar-refractivity contribution in [2.45, 2.75) is 57.3 Å². The molecule has 2 rings (SSSR count). The average molecular weight is 227 g/mol. The first-order valence-electron chi connectivity index (χ1n) is 6.67. The van der Waals surface area contributed by atoms with Gasteiger partial charge in [-0.1, -0.05) is 19.8 Å². The van der Waals surface area contributed by atoms with E-state index in [0.717, 1.165) is 25.9 Å². The Morgan fingerprint density at radius 3 is 2.62 bits per heavy atom. The molecule has 2 unspecified atom stereocenters. The molecule has 94 valence electrons. The Hall–Kier alpha value is -0.120. The normalized spacial score (nSPS) is 42.2. The molecule has 0 aromatic heterocycles. The van der Waals surface area contributed by atoms with E-state index >= 15 is 0 Å². The number of hydrogen-bond donors (Lipinski definition) is 1. The van der Waals surface area contributed by atoms with Crippen LogP contribution in [0.4, 0.5) is 0 Å². The average Bonchev–Trinajstić information content (AvgIpc) is 2.31. The van der Waals surface area contributed by atoms with Gasteiger partial charge in [0.05, 0.1) is 12.2 Å². The number of hydrogen-bond acceptors (Lipinski definition) is 3. The summed E-state index contributed by atoms with van der Waals surface area (Å²) in [7, 11) is 1.81. The van der Waals surface area contributed by atoms with Crippen molar-refractivity contribution < 1.29 is 9.84 Å². The number of likely N-dealkylation sites (tertiary alicyclic amines) is 1. The maximum absolute atomic E-state index is 10.1. The molecule has 2 aliphatic rings. The Balaban J connectivity index is 1.93. The summed E-state index contributed by atoms with van der Waals surface area (Å²) in [4.78, 5) is 2.46. The van der Waals surface area contributed by atoms with Gasteiger partial charge in [0.15, 0.2) is 0 Å². The van der Waals surface area contributed by atoms with Gasteiger partial charge in [0.25, 0.3) is 0 Å². The minimum atomic E-state index is -0.111. The van der Waals surface area contributed by atoms with E-state index < -0.39 is 0 Å². The molecule has 0 aromatic rings. The van der Waals surface area contributed by atoms with E-state index in [9.17, 15) is 5.11 Å². The van der Waals surface area contributed by atoms with Gasteiger partial charge in [-0.25, -0.2) is 0 Å². The van der Waals surface area contributed by atoms with Gasteiger partial charge < -0.3 is 9.84 Å². The summed E-state index contributed by atoms with van der Waals surface area (Å²) >= 11 is 0. The van der Waals surface area contributed by atoms with Crippen LogP contribution in [0, 0.1) is 5.92 Å². The summed E-state index contributed by atoms with van der Waals surface area (Å²) in [6.45, 7) is 4.39. The number of ether oxygens (including phenoxy) is 1. The first-order chi connectivity index (χ1) is 7.72. The summed E-state index contributed by atoms with van der Waals surface area (Å²) in [6.07, 6.45) is 6.03. The molecule has 0 spiro atoms. The van der Waals surface area contributed by atoms with E-state index in [1.54, 1.807) is 0 Å². The highest BCUT2D eigenvalue weighted by atomic mass is 16.5. The van der Waals surface area contributed by atoms with E-state index in [1.165, 1.54) is 19.3 Å². The molecule has 1 saturated heterocycles. The third-order valence-corrected chi connectivity index (χ3v) is 4.39. The van der Waals surface area contributed by atoms with Crippen molar-refractivity contribution in [1.29, 1.82) is 0 Å². The minimum absolute atomic E-state index is 0.111. The van der Waals surface area contributed by atoms with Crippen LogP contribution in [0.25, 0.3) is 0 Å². The lowest BCUT2D eigenvalue weighted by Gasteiger charge is -2.43. The quantitative estimate of drug-likeness (QED) is 0.778. The van der Waals surface area contributed by atoms with Gasteiger partial charge in [0.2, 0.25) is 0 Å². The number of aliphatic hydroxyl groups excluding tert-OH is 1. The Morgan fingerprint density at radius 1 is 1.19 bits per heavy atom. The molecule has 16 heavy (non-hydrogen) atoms. The molecular formula is C13H25NO2. The van der Waals surface area contributed by atoms with Gasteiger partial charge in [-0.3, -0.25) is 4.90 Å². The molecule has 3 nitrogen and oxygen atoms in total. The summed E-state index contributed by atoms with van der Waals surface area (Å²) in [5, 5.41) is 10.1. The van der Waals surface area contributed by atoms with E-state index in [2.05, 4.69) is 11.8 Å². The molecule has 1 aliphatic carbocycles. The molecule has 0 amide bonds. The fraction of sp³-hybridized carbons (Fsp3) is 1.00. The molecule has 1 N–H and O–H groups in total. The molecular weight excluding hydrogens is 202 g/mol. The van der Waals surface area contributed by atoms with Crippen LogP contribution in [-0.2, 0) is 4.74 Å². The molecule has 1 aliphatic heterocycles. The highest BCUT2D eigenvalue weighted by molar-refractivity contribution is 4.88. The molecule has 3 heteroatoms. The molecule has 2 fully saturated rings. The molecule has 0 aromatic carbocycles. The zero-order chi connectivity index (χ0) is 11.5. The minimum Gasteiger partial charge on any atom is -0.391 e. The summed E-state index contributed by atoms with van der Waals surface area (Å²) in [5.74, 6) is 0.655. The van der Waals surface area contributed by atoms with Crippen LogP contribution in [-0.4, -0.2) is 48.5 Å². The predicted molar refractivity (Wildman–Crippen MR) is 64.4 cm³/mol. The summed E-state index contributed by atoms with van der Waals surface area (Å²) in [5.41, 5.74) is 0. The van der Waals surface area contributed by atoms with E-state index in [1.807, 2.05) is 7.11 Å². The van der Waals surface area contributed by atoms with E-state index in [-0.39, 0.29) is 6.10 Å². The van der Waals surface area contributed by atoms with Crippen LogP contribution < -0.4 is 0 Å². The van der Waals surface area contributed by atoms with Crippen LogP contribution in [0.5, 0.6) is 0 Å². The third kappa shape index (κ3) is 2.58. The highest BCUT2D eigenvalue weighted by Crippen LogP contribution is 2.28. The fourth-order valence-corrected chi connectivity index (χ4v) is 3.18. The van der Waals surface area contributed by atoms with Crippen LogP contribution >= 0.6 is 0 Å². The number of aliphatic hydroxyl groups is 1. The number of nitrogens with zero attached hydrogens (tertiary/aromatic N) is 1. The molecule has 4 atom stereocenters. The fourth-order valence-electron chi connectivity index (χ4n) is 3.18. The number of methoxy groups -OCH3 is 1. The van der Waals surface area contributed by atoms with Crippen LogP contribution in [0.3, 0.4) is 0 Å². The van der Waals surface area contributed by atoms with Gasteiger partial charge in [-0.05, 0) is 31.7 Å². The maximum Gasteiger partial charge on any atom is 0.0724 e.